The van der Waals surface area contributed by atoms with Crippen LogP contribution in [0.2, 0.25) is 0 Å². The summed E-state index contributed by atoms with van der Waals surface area (Å²) in [5.41, 5.74) is 2.18. The molecule has 1 aliphatic heterocycles. The van der Waals surface area contributed by atoms with Crippen LogP contribution in [0.3, 0.4) is 0 Å². The standard InChI is InChI=1S/C11H24N4O2/c1-14(7-8-15-5-3-4-6-15)10(9-17-2)11(16)13-12/h10H,3-9,12H2,1-2H3,(H,13,16). The van der Waals surface area contributed by atoms with Gasteiger partial charge in [-0.05, 0) is 33.0 Å². The Hall–Kier alpha value is -0.690. The second-order valence-corrected chi connectivity index (χ2v) is 4.51. The lowest BCUT2D eigenvalue weighted by Gasteiger charge is -2.27. The quantitative estimate of drug-likeness (QED) is 0.342. The summed E-state index contributed by atoms with van der Waals surface area (Å²) in [6.45, 7) is 4.55. The highest BCUT2D eigenvalue weighted by atomic mass is 16.5. The minimum Gasteiger partial charge on any atom is -0.383 e. The monoisotopic (exact) mass is 244 g/mol. The van der Waals surface area contributed by atoms with Gasteiger partial charge in [-0.25, -0.2) is 5.84 Å². The summed E-state index contributed by atoms with van der Waals surface area (Å²) in [5.74, 6) is 4.97. The fraction of sp³-hybridized carbons (Fsp3) is 0.909. The van der Waals surface area contributed by atoms with Gasteiger partial charge in [-0.15, -0.1) is 0 Å². The Morgan fingerprint density at radius 3 is 2.71 bits per heavy atom. The number of ether oxygens (including phenoxy) is 1. The number of hydrogen-bond acceptors (Lipinski definition) is 5. The fourth-order valence-corrected chi connectivity index (χ4v) is 2.12. The molecule has 1 rings (SSSR count). The zero-order valence-corrected chi connectivity index (χ0v) is 10.8. The van der Waals surface area contributed by atoms with Crippen molar-refractivity contribution in [3.8, 4) is 0 Å². The molecule has 6 nitrogen and oxygen atoms in total. The molecule has 1 fully saturated rings. The summed E-state index contributed by atoms with van der Waals surface area (Å²) < 4.78 is 5.05. The van der Waals surface area contributed by atoms with Crippen LogP contribution in [0.4, 0.5) is 0 Å². The number of amides is 1. The van der Waals surface area contributed by atoms with E-state index in [1.165, 1.54) is 25.9 Å². The van der Waals surface area contributed by atoms with Crippen LogP contribution in [-0.4, -0.2) is 68.7 Å². The minimum atomic E-state index is -0.312. The third-order valence-electron chi connectivity index (χ3n) is 3.27. The maximum absolute atomic E-state index is 11.6. The van der Waals surface area contributed by atoms with Gasteiger partial charge in [-0.2, -0.15) is 0 Å². The van der Waals surface area contributed by atoms with Gasteiger partial charge in [0.2, 0.25) is 0 Å². The van der Waals surface area contributed by atoms with Crippen molar-refractivity contribution < 1.29 is 9.53 Å². The third kappa shape index (κ3) is 4.59. The smallest absolute Gasteiger partial charge is 0.253 e. The normalized spacial score (nSPS) is 18.6. The summed E-state index contributed by atoms with van der Waals surface area (Å²) in [7, 11) is 3.51. The first-order valence-electron chi connectivity index (χ1n) is 6.11. The molecule has 100 valence electrons. The number of hydrogen-bond donors (Lipinski definition) is 2. The van der Waals surface area contributed by atoms with Crippen molar-refractivity contribution >= 4 is 5.91 Å². The third-order valence-corrected chi connectivity index (χ3v) is 3.27. The second kappa shape index (κ2) is 7.60. The van der Waals surface area contributed by atoms with Crippen molar-refractivity contribution in [2.45, 2.75) is 18.9 Å². The summed E-state index contributed by atoms with van der Waals surface area (Å²) >= 11 is 0. The number of nitrogens with one attached hydrogen (secondary N) is 1. The largest absolute Gasteiger partial charge is 0.383 e. The van der Waals surface area contributed by atoms with E-state index in [2.05, 4.69) is 10.3 Å². The number of likely N-dealkylation sites (N-methyl/N-ethyl adjacent to an activating group) is 1. The zero-order chi connectivity index (χ0) is 12.7. The predicted molar refractivity (Wildman–Crippen MR) is 66.3 cm³/mol. The fourth-order valence-electron chi connectivity index (χ4n) is 2.12. The molecule has 17 heavy (non-hydrogen) atoms. The Morgan fingerprint density at radius 2 is 2.18 bits per heavy atom. The first kappa shape index (κ1) is 14.4. The lowest BCUT2D eigenvalue weighted by Crippen LogP contribution is -2.51. The zero-order valence-electron chi connectivity index (χ0n) is 10.8. The molecule has 0 aromatic carbocycles. The number of methoxy groups -OCH3 is 1. The molecule has 0 aromatic rings. The van der Waals surface area contributed by atoms with E-state index >= 15 is 0 Å². The molecule has 1 unspecified atom stereocenters. The number of hydrazine groups is 1. The number of rotatable bonds is 7. The summed E-state index contributed by atoms with van der Waals surface area (Å²) in [5, 5.41) is 0. The summed E-state index contributed by atoms with van der Waals surface area (Å²) in [4.78, 5) is 16.0. The number of nitrogens with zero attached hydrogens (tertiary/aromatic N) is 2. The highest BCUT2D eigenvalue weighted by molar-refractivity contribution is 5.81. The van der Waals surface area contributed by atoms with Gasteiger partial charge in [-0.1, -0.05) is 0 Å². The number of carbonyl (C=O) groups excluding carboxylic acids is 1. The van der Waals surface area contributed by atoms with Crippen molar-refractivity contribution in [1.29, 1.82) is 0 Å². The molecule has 1 aliphatic rings. The van der Waals surface area contributed by atoms with Crippen LogP contribution in [0.1, 0.15) is 12.8 Å². The molecule has 3 N–H and O–H groups in total. The molecule has 0 radical (unpaired) electrons. The first-order chi connectivity index (χ1) is 8.19. The van der Waals surface area contributed by atoms with Crippen molar-refractivity contribution in [3.05, 3.63) is 0 Å². The Balaban J connectivity index is 2.35. The number of likely N-dealkylation sites (tertiary alicyclic amines) is 1. The van der Waals surface area contributed by atoms with Crippen LogP contribution in [0.15, 0.2) is 0 Å². The van der Waals surface area contributed by atoms with Gasteiger partial charge in [0.15, 0.2) is 0 Å². The molecule has 1 amide bonds. The molecule has 0 saturated carbocycles. The average molecular weight is 244 g/mol. The van der Waals surface area contributed by atoms with E-state index in [1.54, 1.807) is 7.11 Å². The summed E-state index contributed by atoms with van der Waals surface area (Å²) in [6, 6.07) is -0.312. The number of carbonyl (C=O) groups is 1. The maximum Gasteiger partial charge on any atom is 0.253 e. The molecular formula is C11H24N4O2. The van der Waals surface area contributed by atoms with Crippen molar-refractivity contribution in [2.75, 3.05) is 46.9 Å². The van der Waals surface area contributed by atoms with Crippen LogP contribution >= 0.6 is 0 Å². The van der Waals surface area contributed by atoms with Gasteiger partial charge >= 0.3 is 0 Å². The molecular weight excluding hydrogens is 220 g/mol. The van der Waals surface area contributed by atoms with Crippen molar-refractivity contribution in [1.82, 2.24) is 15.2 Å². The minimum absolute atomic E-state index is 0.198. The van der Waals surface area contributed by atoms with Gasteiger partial charge in [0.05, 0.1) is 6.61 Å². The highest BCUT2D eigenvalue weighted by Gasteiger charge is 2.23. The SMILES string of the molecule is COCC(C(=O)NN)N(C)CCN1CCCC1. The van der Waals surface area contributed by atoms with Crippen LogP contribution in [0.25, 0.3) is 0 Å². The van der Waals surface area contributed by atoms with Gasteiger partial charge in [0.25, 0.3) is 5.91 Å². The average Bonchev–Trinajstić information content (AvgIpc) is 2.85. The van der Waals surface area contributed by atoms with Crippen LogP contribution in [-0.2, 0) is 9.53 Å². The maximum atomic E-state index is 11.6. The lowest BCUT2D eigenvalue weighted by atomic mass is 10.2. The van der Waals surface area contributed by atoms with Crippen LogP contribution in [0, 0.1) is 0 Å². The first-order valence-corrected chi connectivity index (χ1v) is 6.11. The van der Waals surface area contributed by atoms with E-state index in [0.29, 0.717) is 6.61 Å². The van der Waals surface area contributed by atoms with Crippen LogP contribution in [0.5, 0.6) is 0 Å². The lowest BCUT2D eigenvalue weighted by molar-refractivity contribution is -0.127. The molecule has 0 bridgehead atoms. The Labute approximate surface area is 103 Å². The molecule has 0 aliphatic carbocycles. The molecule has 1 heterocycles. The molecule has 0 spiro atoms. The van der Waals surface area contributed by atoms with E-state index < -0.39 is 0 Å². The Morgan fingerprint density at radius 1 is 1.53 bits per heavy atom. The van der Waals surface area contributed by atoms with E-state index in [9.17, 15) is 4.79 Å². The van der Waals surface area contributed by atoms with Gasteiger partial charge in [-0.3, -0.25) is 15.1 Å². The topological polar surface area (TPSA) is 70.8 Å². The van der Waals surface area contributed by atoms with E-state index in [1.807, 2.05) is 11.9 Å². The number of nitrogens with two attached hydrogens (primary N) is 1. The van der Waals surface area contributed by atoms with E-state index in [0.717, 1.165) is 13.1 Å². The second-order valence-electron chi connectivity index (χ2n) is 4.51. The summed E-state index contributed by atoms with van der Waals surface area (Å²) in [6.07, 6.45) is 2.57. The van der Waals surface area contributed by atoms with E-state index in [4.69, 9.17) is 10.6 Å². The molecule has 1 atom stereocenters. The van der Waals surface area contributed by atoms with Crippen molar-refractivity contribution in [2.24, 2.45) is 5.84 Å². The van der Waals surface area contributed by atoms with Crippen LogP contribution < -0.4 is 11.3 Å². The van der Waals surface area contributed by atoms with E-state index in [-0.39, 0.29) is 11.9 Å². The predicted octanol–water partition coefficient (Wildman–Crippen LogP) is -0.981. The molecule has 0 aromatic heterocycles. The Kier molecular flexibility index (Phi) is 6.43. The van der Waals surface area contributed by atoms with Gasteiger partial charge in [0, 0.05) is 20.2 Å². The highest BCUT2D eigenvalue weighted by Crippen LogP contribution is 2.07. The Bertz CT molecular complexity index is 232. The van der Waals surface area contributed by atoms with Gasteiger partial charge < -0.3 is 9.64 Å². The van der Waals surface area contributed by atoms with Crippen molar-refractivity contribution in [3.63, 3.8) is 0 Å². The molecule has 6 heteroatoms. The van der Waals surface area contributed by atoms with Gasteiger partial charge in [0.1, 0.15) is 6.04 Å². The molecule has 1 saturated heterocycles.